The summed E-state index contributed by atoms with van der Waals surface area (Å²) in [5.41, 5.74) is 4.18. The van der Waals surface area contributed by atoms with Crippen LogP contribution in [0.3, 0.4) is 0 Å². The van der Waals surface area contributed by atoms with Gasteiger partial charge in [-0.3, -0.25) is 9.59 Å². The highest BCUT2D eigenvalue weighted by Gasteiger charge is 2.24. The first-order chi connectivity index (χ1) is 19.9. The van der Waals surface area contributed by atoms with Crippen LogP contribution < -0.4 is 5.32 Å². The number of hydrogen-bond acceptors (Lipinski definition) is 6. The third kappa shape index (κ3) is 7.16. The van der Waals surface area contributed by atoms with Crippen LogP contribution in [-0.2, 0) is 14.3 Å². The zero-order valence-corrected chi connectivity index (χ0v) is 24.4. The molecule has 0 unspecified atom stereocenters. The summed E-state index contributed by atoms with van der Waals surface area (Å²) in [5, 5.41) is 5.93. The number of benzene rings is 3. The number of fused-ring (bicyclic) bond motifs is 1. The first kappa shape index (κ1) is 28.8. The van der Waals surface area contributed by atoms with E-state index in [0.717, 1.165) is 46.3 Å². The van der Waals surface area contributed by atoms with Crippen LogP contribution in [0.1, 0.15) is 55.2 Å². The van der Waals surface area contributed by atoms with Gasteiger partial charge in [0.15, 0.2) is 0 Å². The topological polar surface area (TPSA) is 84.4 Å². The standard InChI is InChI=1S/C32H32Cl2N4O3/c1-2-41-30(40)14-13-29(39)38-17-15-26(16-18-38)37-32-27-19-23(7-12-28(27)35-20-36-32)31(21-3-8-24(33)9-4-21)22-5-10-25(34)11-6-22/h3-12,19-20,26,31H,2,13-18H2,1H3,(H,35,36,37). The van der Waals surface area contributed by atoms with Gasteiger partial charge in [-0.05, 0) is 72.9 Å². The molecule has 0 bridgehead atoms. The fourth-order valence-electron chi connectivity index (χ4n) is 5.32. The number of nitrogens with zero attached hydrogens (tertiary/aromatic N) is 3. The summed E-state index contributed by atoms with van der Waals surface area (Å²) in [7, 11) is 0. The maximum atomic E-state index is 12.6. The number of aromatic nitrogens is 2. The summed E-state index contributed by atoms with van der Waals surface area (Å²) in [6, 6.07) is 22.3. The van der Waals surface area contributed by atoms with Crippen LogP contribution in [0, 0.1) is 0 Å². The van der Waals surface area contributed by atoms with E-state index >= 15 is 0 Å². The molecule has 2 heterocycles. The van der Waals surface area contributed by atoms with Gasteiger partial charge in [-0.15, -0.1) is 0 Å². The smallest absolute Gasteiger partial charge is 0.306 e. The number of ether oxygens (including phenoxy) is 1. The molecular weight excluding hydrogens is 559 g/mol. The minimum Gasteiger partial charge on any atom is -0.466 e. The van der Waals surface area contributed by atoms with Gasteiger partial charge in [-0.25, -0.2) is 9.97 Å². The highest BCUT2D eigenvalue weighted by molar-refractivity contribution is 6.30. The van der Waals surface area contributed by atoms with Crippen LogP contribution in [0.5, 0.6) is 0 Å². The molecule has 0 spiro atoms. The van der Waals surface area contributed by atoms with E-state index in [1.165, 1.54) is 0 Å². The van der Waals surface area contributed by atoms with E-state index in [-0.39, 0.29) is 36.7 Å². The normalized spacial score (nSPS) is 13.9. The van der Waals surface area contributed by atoms with Crippen molar-refractivity contribution < 1.29 is 14.3 Å². The molecule has 0 aliphatic carbocycles. The zero-order chi connectivity index (χ0) is 28.8. The summed E-state index contributed by atoms with van der Waals surface area (Å²) in [4.78, 5) is 35.1. The molecule has 1 aromatic heterocycles. The Kier molecular flexibility index (Phi) is 9.37. The van der Waals surface area contributed by atoms with Gasteiger partial charge in [-0.1, -0.05) is 53.5 Å². The van der Waals surface area contributed by atoms with E-state index in [1.54, 1.807) is 13.3 Å². The zero-order valence-electron chi connectivity index (χ0n) is 22.9. The molecule has 9 heteroatoms. The number of rotatable bonds is 9. The number of likely N-dealkylation sites (tertiary alicyclic amines) is 1. The molecule has 3 aromatic carbocycles. The average Bonchev–Trinajstić information content (AvgIpc) is 2.99. The number of nitrogens with one attached hydrogen (secondary N) is 1. The van der Waals surface area contributed by atoms with Gasteiger partial charge >= 0.3 is 5.97 Å². The third-order valence-corrected chi connectivity index (χ3v) is 7.94. The molecule has 212 valence electrons. The Bertz CT molecular complexity index is 1460. The molecule has 0 radical (unpaired) electrons. The predicted molar refractivity (Wildman–Crippen MR) is 162 cm³/mol. The molecule has 1 amide bonds. The fraction of sp³-hybridized carbons (Fsp3) is 0.312. The van der Waals surface area contributed by atoms with Crippen molar-refractivity contribution in [3.8, 4) is 0 Å². The number of anilines is 1. The summed E-state index contributed by atoms with van der Waals surface area (Å²) in [6.45, 7) is 3.34. The monoisotopic (exact) mass is 590 g/mol. The van der Waals surface area contributed by atoms with Crippen molar-refractivity contribution in [3.63, 3.8) is 0 Å². The maximum absolute atomic E-state index is 12.6. The van der Waals surface area contributed by atoms with Crippen LogP contribution in [0.2, 0.25) is 10.0 Å². The largest absolute Gasteiger partial charge is 0.466 e. The van der Waals surface area contributed by atoms with E-state index in [2.05, 4.69) is 27.4 Å². The third-order valence-electron chi connectivity index (χ3n) is 7.44. The highest BCUT2D eigenvalue weighted by atomic mass is 35.5. The summed E-state index contributed by atoms with van der Waals surface area (Å²) < 4.78 is 4.94. The van der Waals surface area contributed by atoms with E-state index in [0.29, 0.717) is 29.7 Å². The van der Waals surface area contributed by atoms with Crippen LogP contribution in [0.15, 0.2) is 73.1 Å². The molecule has 7 nitrogen and oxygen atoms in total. The Balaban J connectivity index is 1.35. The Hall–Kier alpha value is -3.68. The number of amides is 1. The molecule has 1 aliphatic rings. The molecular formula is C32H32Cl2N4O3. The Morgan fingerprint density at radius 1 is 0.902 bits per heavy atom. The van der Waals surface area contributed by atoms with E-state index in [1.807, 2.05) is 59.5 Å². The summed E-state index contributed by atoms with van der Waals surface area (Å²) >= 11 is 12.4. The van der Waals surface area contributed by atoms with Crippen molar-refractivity contribution in [3.05, 3.63) is 99.8 Å². The van der Waals surface area contributed by atoms with Crippen molar-refractivity contribution in [2.24, 2.45) is 0 Å². The van der Waals surface area contributed by atoms with Gasteiger partial charge in [-0.2, -0.15) is 0 Å². The number of hydrogen-bond donors (Lipinski definition) is 1. The number of halogens is 2. The maximum Gasteiger partial charge on any atom is 0.306 e. The lowest BCUT2D eigenvalue weighted by Gasteiger charge is -2.33. The number of carbonyl (C=O) groups is 2. The number of piperidine rings is 1. The van der Waals surface area contributed by atoms with E-state index in [4.69, 9.17) is 27.9 Å². The minimum absolute atomic E-state index is 0.0101. The van der Waals surface area contributed by atoms with Gasteiger partial charge < -0.3 is 15.0 Å². The summed E-state index contributed by atoms with van der Waals surface area (Å²) in [5.74, 6) is 0.395. The molecule has 5 rings (SSSR count). The van der Waals surface area contributed by atoms with Gasteiger partial charge in [0.1, 0.15) is 12.1 Å². The second-order valence-corrected chi connectivity index (χ2v) is 11.0. The molecule has 1 fully saturated rings. The Labute approximate surface area is 249 Å². The van der Waals surface area contributed by atoms with Crippen LogP contribution in [0.4, 0.5) is 5.82 Å². The van der Waals surface area contributed by atoms with Crippen molar-refractivity contribution in [1.82, 2.24) is 14.9 Å². The van der Waals surface area contributed by atoms with Crippen molar-refractivity contribution in [2.75, 3.05) is 25.0 Å². The lowest BCUT2D eigenvalue weighted by Crippen LogP contribution is -2.42. The number of carbonyl (C=O) groups excluding carboxylic acids is 2. The van der Waals surface area contributed by atoms with Crippen molar-refractivity contribution in [1.29, 1.82) is 0 Å². The van der Waals surface area contributed by atoms with Crippen molar-refractivity contribution in [2.45, 2.75) is 44.6 Å². The van der Waals surface area contributed by atoms with E-state index < -0.39 is 0 Å². The highest BCUT2D eigenvalue weighted by Crippen LogP contribution is 2.35. The van der Waals surface area contributed by atoms with Gasteiger partial charge in [0.05, 0.1) is 18.5 Å². The lowest BCUT2D eigenvalue weighted by molar-refractivity contribution is -0.145. The van der Waals surface area contributed by atoms with Gasteiger partial charge in [0.25, 0.3) is 0 Å². The molecule has 1 aliphatic heterocycles. The summed E-state index contributed by atoms with van der Waals surface area (Å²) in [6.07, 6.45) is 3.45. The van der Waals surface area contributed by atoms with Gasteiger partial charge in [0.2, 0.25) is 5.91 Å². The molecule has 0 saturated carbocycles. The van der Waals surface area contributed by atoms with Crippen molar-refractivity contribution >= 4 is 51.8 Å². The molecule has 1 N–H and O–H groups in total. The SMILES string of the molecule is CCOC(=O)CCC(=O)N1CCC(Nc2ncnc3ccc(C(c4ccc(Cl)cc4)c4ccc(Cl)cc4)cc23)CC1. The van der Waals surface area contributed by atoms with Crippen LogP contribution in [0.25, 0.3) is 10.9 Å². The Morgan fingerprint density at radius 2 is 1.51 bits per heavy atom. The lowest BCUT2D eigenvalue weighted by atomic mass is 9.84. The second kappa shape index (κ2) is 13.3. The molecule has 4 aromatic rings. The fourth-order valence-corrected chi connectivity index (χ4v) is 5.58. The first-order valence-electron chi connectivity index (χ1n) is 13.9. The molecule has 0 atom stereocenters. The average molecular weight is 592 g/mol. The molecule has 41 heavy (non-hydrogen) atoms. The minimum atomic E-state index is -0.332. The van der Waals surface area contributed by atoms with Crippen LogP contribution >= 0.6 is 23.2 Å². The first-order valence-corrected chi connectivity index (χ1v) is 14.6. The Morgan fingerprint density at radius 3 is 2.12 bits per heavy atom. The number of esters is 1. The van der Waals surface area contributed by atoms with E-state index in [9.17, 15) is 9.59 Å². The quantitative estimate of drug-likeness (QED) is 0.169. The van der Waals surface area contributed by atoms with Gasteiger partial charge in [0, 0.05) is 46.9 Å². The molecule has 1 saturated heterocycles. The van der Waals surface area contributed by atoms with Crippen LogP contribution in [-0.4, -0.2) is 52.5 Å². The second-order valence-electron chi connectivity index (χ2n) is 10.1. The predicted octanol–water partition coefficient (Wildman–Crippen LogP) is 6.86.